The molecule has 2 aliphatic rings. The Bertz CT molecular complexity index is 1220. The van der Waals surface area contributed by atoms with Crippen molar-refractivity contribution < 1.29 is 18.7 Å². The van der Waals surface area contributed by atoms with Gasteiger partial charge in [-0.25, -0.2) is 9.37 Å². The summed E-state index contributed by atoms with van der Waals surface area (Å²) in [5.41, 5.74) is 1.06. The van der Waals surface area contributed by atoms with Gasteiger partial charge in [0.2, 0.25) is 16.0 Å². The average molecular weight is 503 g/mol. The topological polar surface area (TPSA) is 84.2 Å². The van der Waals surface area contributed by atoms with Crippen LogP contribution in [0.5, 0.6) is 0 Å². The quantitative estimate of drug-likeness (QED) is 0.571. The number of fused-ring (bicyclic) bond motifs is 1. The van der Waals surface area contributed by atoms with Crippen molar-refractivity contribution in [3.8, 4) is 11.3 Å². The lowest BCUT2D eigenvalue weighted by Crippen LogP contribution is -2.49. The van der Waals surface area contributed by atoms with Crippen LogP contribution in [0.3, 0.4) is 0 Å². The van der Waals surface area contributed by atoms with E-state index in [0.717, 1.165) is 0 Å². The van der Waals surface area contributed by atoms with Crippen LogP contribution >= 0.6 is 11.3 Å². The molecule has 35 heavy (non-hydrogen) atoms. The van der Waals surface area contributed by atoms with Gasteiger partial charge in [0.15, 0.2) is 11.6 Å². The molecule has 0 radical (unpaired) electrons. The summed E-state index contributed by atoms with van der Waals surface area (Å²) in [7, 11) is 1.86. The molecule has 4 heterocycles. The molecule has 0 saturated carbocycles. The van der Waals surface area contributed by atoms with Gasteiger partial charge in [0.25, 0.3) is 0 Å². The maximum absolute atomic E-state index is 13.9. The number of likely N-dealkylation sites (tertiary alicyclic amines) is 1. The van der Waals surface area contributed by atoms with Crippen molar-refractivity contribution in [1.29, 1.82) is 0 Å². The van der Waals surface area contributed by atoms with Crippen LogP contribution in [-0.2, 0) is 14.3 Å². The standard InChI is InChI=1S/C24H31FN6O3S/c1-23(2,3)27-20-19(16-6-5-7-17(25)14-16)26-21-31(20)28-22(35-21)29(4)15-18(32)30-10-8-24(9-11-30)33-12-13-34-24/h5-7,14,27H,8-13,15H2,1-4H3. The van der Waals surface area contributed by atoms with Gasteiger partial charge in [-0.15, -0.1) is 5.10 Å². The lowest BCUT2D eigenvalue weighted by atomic mass is 10.0. The summed E-state index contributed by atoms with van der Waals surface area (Å²) in [5, 5.41) is 8.90. The van der Waals surface area contributed by atoms with E-state index in [1.165, 1.54) is 23.5 Å². The van der Waals surface area contributed by atoms with Gasteiger partial charge >= 0.3 is 0 Å². The first-order valence-corrected chi connectivity index (χ1v) is 12.6. The fraction of sp³-hybridized carbons (Fsp3) is 0.542. The molecule has 2 saturated heterocycles. The van der Waals surface area contributed by atoms with E-state index in [4.69, 9.17) is 19.6 Å². The van der Waals surface area contributed by atoms with Crippen molar-refractivity contribution in [3.05, 3.63) is 30.1 Å². The van der Waals surface area contributed by atoms with E-state index in [1.807, 2.05) is 43.7 Å². The molecule has 188 valence electrons. The van der Waals surface area contributed by atoms with E-state index < -0.39 is 5.79 Å². The lowest BCUT2D eigenvalue weighted by molar-refractivity contribution is -0.187. The molecular formula is C24H31FN6O3S. The molecule has 2 aromatic heterocycles. The summed E-state index contributed by atoms with van der Waals surface area (Å²) in [5.74, 6) is -0.0823. The third kappa shape index (κ3) is 4.98. The van der Waals surface area contributed by atoms with Crippen LogP contribution in [-0.4, -0.2) is 76.6 Å². The number of amides is 1. The minimum atomic E-state index is -0.501. The van der Waals surface area contributed by atoms with E-state index in [9.17, 15) is 9.18 Å². The predicted octanol–water partition coefficient (Wildman–Crippen LogP) is 3.61. The molecule has 11 heteroatoms. The Balaban J connectivity index is 1.34. The first kappa shape index (κ1) is 24.0. The second kappa shape index (κ2) is 9.03. The summed E-state index contributed by atoms with van der Waals surface area (Å²) in [4.78, 5) is 22.1. The molecule has 0 atom stereocenters. The molecule has 1 amide bonds. The predicted molar refractivity (Wildman–Crippen MR) is 133 cm³/mol. The van der Waals surface area contributed by atoms with Crippen LogP contribution in [0.15, 0.2) is 24.3 Å². The number of likely N-dealkylation sites (N-methyl/N-ethyl adjacent to an activating group) is 1. The number of rotatable bonds is 5. The lowest BCUT2D eigenvalue weighted by Gasteiger charge is -2.38. The second-order valence-electron chi connectivity index (χ2n) is 10.1. The summed E-state index contributed by atoms with van der Waals surface area (Å²) in [6.45, 7) is 8.82. The van der Waals surface area contributed by atoms with E-state index >= 15 is 0 Å². The molecular weight excluding hydrogens is 471 g/mol. The molecule has 2 fully saturated rings. The van der Waals surface area contributed by atoms with Gasteiger partial charge in [-0.1, -0.05) is 23.5 Å². The van der Waals surface area contributed by atoms with Gasteiger partial charge in [0.05, 0.1) is 19.8 Å². The van der Waals surface area contributed by atoms with Crippen molar-refractivity contribution in [3.63, 3.8) is 0 Å². The van der Waals surface area contributed by atoms with Crippen molar-refractivity contribution in [2.45, 2.75) is 44.9 Å². The Kier molecular flexibility index (Phi) is 6.18. The highest BCUT2D eigenvalue weighted by molar-refractivity contribution is 7.20. The highest BCUT2D eigenvalue weighted by Crippen LogP contribution is 2.35. The first-order valence-electron chi connectivity index (χ1n) is 11.8. The van der Waals surface area contributed by atoms with E-state index in [1.54, 1.807) is 10.6 Å². The van der Waals surface area contributed by atoms with Gasteiger partial charge in [-0.3, -0.25) is 4.79 Å². The van der Waals surface area contributed by atoms with Crippen LogP contribution in [0, 0.1) is 5.82 Å². The number of ether oxygens (including phenoxy) is 2. The number of halogens is 1. The van der Waals surface area contributed by atoms with Crippen LogP contribution in [0.4, 0.5) is 15.3 Å². The third-order valence-electron chi connectivity index (χ3n) is 6.17. The van der Waals surface area contributed by atoms with E-state index in [-0.39, 0.29) is 23.8 Å². The molecule has 3 aromatic rings. The Morgan fingerprint density at radius 1 is 1.26 bits per heavy atom. The van der Waals surface area contributed by atoms with Gasteiger partial charge < -0.3 is 24.6 Å². The summed E-state index contributed by atoms with van der Waals surface area (Å²) >= 11 is 1.39. The number of benzene rings is 1. The summed E-state index contributed by atoms with van der Waals surface area (Å²) < 4.78 is 27.2. The Morgan fingerprint density at radius 2 is 1.97 bits per heavy atom. The van der Waals surface area contributed by atoms with Crippen LogP contribution in [0.2, 0.25) is 0 Å². The van der Waals surface area contributed by atoms with Gasteiger partial charge in [-0.2, -0.15) is 4.52 Å². The number of imidazole rings is 1. The molecule has 1 spiro atoms. The van der Waals surface area contributed by atoms with Crippen molar-refractivity contribution in [2.75, 3.05) is 50.1 Å². The van der Waals surface area contributed by atoms with Gasteiger partial charge in [0, 0.05) is 44.1 Å². The SMILES string of the molecule is CN(CC(=O)N1CCC2(CC1)OCCO2)c1nn2c(NC(C)(C)C)c(-c3cccc(F)c3)nc2s1. The number of carbonyl (C=O) groups excluding carboxylic acids is 1. The molecule has 9 nitrogen and oxygen atoms in total. The minimum Gasteiger partial charge on any atom is -0.364 e. The van der Waals surface area contributed by atoms with Crippen LogP contribution < -0.4 is 10.2 Å². The number of hydrogen-bond acceptors (Lipinski definition) is 8. The molecule has 5 rings (SSSR count). The van der Waals surface area contributed by atoms with E-state index in [2.05, 4.69) is 5.32 Å². The number of aromatic nitrogens is 3. The summed E-state index contributed by atoms with van der Waals surface area (Å²) in [6.07, 6.45) is 1.39. The van der Waals surface area contributed by atoms with Crippen LogP contribution in [0.1, 0.15) is 33.6 Å². The third-order valence-corrected chi connectivity index (χ3v) is 7.20. The van der Waals surface area contributed by atoms with E-state index in [0.29, 0.717) is 66.3 Å². The smallest absolute Gasteiger partial charge is 0.242 e. The zero-order chi connectivity index (χ0) is 24.8. The average Bonchev–Trinajstić information content (AvgIpc) is 3.50. The number of anilines is 2. The van der Waals surface area contributed by atoms with Crippen molar-refractivity contribution in [2.24, 2.45) is 0 Å². The normalized spacial score (nSPS) is 17.9. The van der Waals surface area contributed by atoms with Crippen LogP contribution in [0.25, 0.3) is 16.2 Å². The summed E-state index contributed by atoms with van der Waals surface area (Å²) in [6, 6.07) is 6.39. The fourth-order valence-corrected chi connectivity index (χ4v) is 5.31. The zero-order valence-electron chi connectivity index (χ0n) is 20.5. The minimum absolute atomic E-state index is 0.0432. The molecule has 0 bridgehead atoms. The monoisotopic (exact) mass is 502 g/mol. The van der Waals surface area contributed by atoms with Crippen molar-refractivity contribution >= 4 is 33.2 Å². The maximum atomic E-state index is 13.9. The Morgan fingerprint density at radius 3 is 2.63 bits per heavy atom. The molecule has 1 N–H and O–H groups in total. The molecule has 0 unspecified atom stereocenters. The second-order valence-corrected chi connectivity index (χ2v) is 11.1. The van der Waals surface area contributed by atoms with Gasteiger partial charge in [0.1, 0.15) is 11.5 Å². The maximum Gasteiger partial charge on any atom is 0.242 e. The first-order chi connectivity index (χ1) is 16.6. The molecule has 0 aliphatic carbocycles. The molecule has 1 aromatic carbocycles. The Labute approximate surface area is 207 Å². The number of hydrogen-bond donors (Lipinski definition) is 1. The fourth-order valence-electron chi connectivity index (χ4n) is 4.45. The number of piperidine rings is 1. The number of nitrogens with one attached hydrogen (secondary N) is 1. The van der Waals surface area contributed by atoms with Crippen molar-refractivity contribution in [1.82, 2.24) is 19.5 Å². The number of carbonyl (C=O) groups is 1. The highest BCUT2D eigenvalue weighted by Gasteiger charge is 2.40. The largest absolute Gasteiger partial charge is 0.364 e. The van der Waals surface area contributed by atoms with Gasteiger partial charge in [-0.05, 0) is 32.9 Å². The Hall–Kier alpha value is -2.76. The zero-order valence-corrected chi connectivity index (χ0v) is 21.3. The molecule has 2 aliphatic heterocycles. The highest BCUT2D eigenvalue weighted by atomic mass is 32.1. The number of nitrogens with zero attached hydrogens (tertiary/aromatic N) is 5.